The lowest BCUT2D eigenvalue weighted by Gasteiger charge is -2.42. The number of ether oxygens (including phenoxy) is 2. The van der Waals surface area contributed by atoms with E-state index in [1.165, 1.54) is 12.0 Å². The molecule has 2 aliphatic rings. The molecule has 5 nitrogen and oxygen atoms in total. The highest BCUT2D eigenvalue weighted by molar-refractivity contribution is 6.08. The first kappa shape index (κ1) is 12.0. The lowest BCUT2D eigenvalue weighted by Crippen LogP contribution is -2.60. The van der Waals surface area contributed by atoms with Crippen LogP contribution in [0.25, 0.3) is 0 Å². The molecule has 2 atom stereocenters. The number of nitrogens with zero attached hydrogens (tertiary/aromatic N) is 1. The van der Waals surface area contributed by atoms with E-state index in [-0.39, 0.29) is 11.2 Å². The number of hydrogen-bond acceptors (Lipinski definition) is 4. The molecule has 0 radical (unpaired) electrons. The Morgan fingerprint density at radius 1 is 1.42 bits per heavy atom. The summed E-state index contributed by atoms with van der Waals surface area (Å²) in [5.74, 6) is 0.799. The SMILES string of the molecule is COC(=O)N1c2ccc(OC)cc2[C@@]2(C)CC(=O)[C@@H]12. The first-order chi connectivity index (χ1) is 9.02. The second-order valence-corrected chi connectivity index (χ2v) is 5.19. The van der Waals surface area contributed by atoms with Crippen LogP contribution >= 0.6 is 0 Å². The Labute approximate surface area is 111 Å². The summed E-state index contributed by atoms with van der Waals surface area (Å²) in [5.41, 5.74) is 1.39. The van der Waals surface area contributed by atoms with Crippen molar-refractivity contribution < 1.29 is 19.1 Å². The van der Waals surface area contributed by atoms with E-state index in [0.29, 0.717) is 6.42 Å². The predicted molar refractivity (Wildman–Crippen MR) is 68.6 cm³/mol. The third-order valence-electron chi connectivity index (χ3n) is 4.16. The van der Waals surface area contributed by atoms with Gasteiger partial charge in [-0.2, -0.15) is 0 Å². The third-order valence-corrected chi connectivity index (χ3v) is 4.16. The van der Waals surface area contributed by atoms with Crippen molar-refractivity contribution in [3.05, 3.63) is 23.8 Å². The smallest absolute Gasteiger partial charge is 0.414 e. The fourth-order valence-corrected chi connectivity index (χ4v) is 3.20. The minimum absolute atomic E-state index is 0.0723. The fourth-order valence-electron chi connectivity index (χ4n) is 3.20. The summed E-state index contributed by atoms with van der Waals surface area (Å²) in [6.45, 7) is 2.00. The molecule has 0 unspecified atom stereocenters. The molecular weight excluding hydrogens is 246 g/mol. The molecule has 1 fully saturated rings. The zero-order chi connectivity index (χ0) is 13.8. The molecule has 3 rings (SSSR count). The van der Waals surface area contributed by atoms with Crippen molar-refractivity contribution in [2.75, 3.05) is 19.1 Å². The summed E-state index contributed by atoms with van der Waals surface area (Å²) in [6, 6.07) is 5.05. The van der Waals surface area contributed by atoms with Crippen LogP contribution in [-0.4, -0.2) is 32.1 Å². The largest absolute Gasteiger partial charge is 0.497 e. The second kappa shape index (κ2) is 3.73. The molecule has 0 bridgehead atoms. The molecule has 1 amide bonds. The van der Waals surface area contributed by atoms with Crippen LogP contribution in [0, 0.1) is 0 Å². The molecule has 1 aromatic carbocycles. The summed E-state index contributed by atoms with van der Waals surface area (Å²) in [7, 11) is 2.92. The Morgan fingerprint density at radius 2 is 2.16 bits per heavy atom. The Kier molecular flexibility index (Phi) is 2.36. The second-order valence-electron chi connectivity index (χ2n) is 5.19. The Balaban J connectivity index is 2.16. The Hall–Kier alpha value is -2.04. The number of ketones is 1. The zero-order valence-corrected chi connectivity index (χ0v) is 11.1. The maximum Gasteiger partial charge on any atom is 0.414 e. The van der Waals surface area contributed by atoms with Gasteiger partial charge in [-0.25, -0.2) is 4.79 Å². The number of fused-ring (bicyclic) bond motifs is 3. The molecule has 0 N–H and O–H groups in total. The molecule has 100 valence electrons. The molecule has 0 spiro atoms. The van der Waals surface area contributed by atoms with E-state index in [2.05, 4.69) is 0 Å². The van der Waals surface area contributed by atoms with E-state index in [1.807, 2.05) is 19.1 Å². The number of Topliss-reactive ketones (excluding diaryl/α,β-unsaturated/α-hetero) is 1. The monoisotopic (exact) mass is 261 g/mol. The minimum Gasteiger partial charge on any atom is -0.497 e. The first-order valence-electron chi connectivity index (χ1n) is 6.11. The van der Waals surface area contributed by atoms with E-state index < -0.39 is 12.1 Å². The minimum atomic E-state index is -0.492. The predicted octanol–water partition coefficient (Wildman–Crippen LogP) is 1.88. The van der Waals surface area contributed by atoms with Crippen LogP contribution in [-0.2, 0) is 14.9 Å². The van der Waals surface area contributed by atoms with Crippen LogP contribution in [0.4, 0.5) is 10.5 Å². The maximum atomic E-state index is 11.9. The van der Waals surface area contributed by atoms with Gasteiger partial charge in [0.1, 0.15) is 11.8 Å². The van der Waals surface area contributed by atoms with Gasteiger partial charge < -0.3 is 9.47 Å². The van der Waals surface area contributed by atoms with Gasteiger partial charge in [-0.05, 0) is 23.8 Å². The fraction of sp³-hybridized carbons (Fsp3) is 0.429. The average molecular weight is 261 g/mol. The first-order valence-corrected chi connectivity index (χ1v) is 6.11. The topological polar surface area (TPSA) is 55.8 Å². The van der Waals surface area contributed by atoms with Crippen LogP contribution in [0.5, 0.6) is 5.75 Å². The highest BCUT2D eigenvalue weighted by Gasteiger charge is 2.61. The van der Waals surface area contributed by atoms with Gasteiger partial charge >= 0.3 is 6.09 Å². The molecule has 0 aromatic heterocycles. The van der Waals surface area contributed by atoms with E-state index >= 15 is 0 Å². The summed E-state index contributed by atoms with van der Waals surface area (Å²) in [6.07, 6.45) is -0.0427. The van der Waals surface area contributed by atoms with Gasteiger partial charge in [0.05, 0.1) is 19.9 Å². The normalized spacial score (nSPS) is 27.4. The summed E-state index contributed by atoms with van der Waals surface area (Å²) < 4.78 is 10.0. The van der Waals surface area contributed by atoms with Gasteiger partial charge in [-0.3, -0.25) is 9.69 Å². The van der Waals surface area contributed by atoms with E-state index in [1.54, 1.807) is 13.2 Å². The van der Waals surface area contributed by atoms with Crippen molar-refractivity contribution in [3.63, 3.8) is 0 Å². The average Bonchev–Trinajstić information content (AvgIpc) is 2.62. The molecular formula is C14H15NO4. The zero-order valence-electron chi connectivity index (χ0n) is 11.1. The standard InChI is InChI=1S/C14H15NO4/c1-14-7-11(16)12(14)15(13(17)19-3)10-5-4-8(18-2)6-9(10)14/h4-6,12H,7H2,1-3H3/t12-,14-/m1/s1. The lowest BCUT2D eigenvalue weighted by atomic mass is 9.63. The van der Waals surface area contributed by atoms with Crippen LogP contribution in [0.1, 0.15) is 18.9 Å². The van der Waals surface area contributed by atoms with Crippen LogP contribution in [0.3, 0.4) is 0 Å². The molecule has 1 saturated carbocycles. The van der Waals surface area contributed by atoms with Gasteiger partial charge in [0.2, 0.25) is 0 Å². The van der Waals surface area contributed by atoms with E-state index in [4.69, 9.17) is 9.47 Å². The summed E-state index contributed by atoms with van der Waals surface area (Å²) in [5, 5.41) is 0. The molecule has 1 aliphatic carbocycles. The summed E-state index contributed by atoms with van der Waals surface area (Å²) in [4.78, 5) is 25.3. The third kappa shape index (κ3) is 1.35. The molecule has 0 saturated heterocycles. The highest BCUT2D eigenvalue weighted by atomic mass is 16.5. The number of methoxy groups -OCH3 is 2. The van der Waals surface area contributed by atoms with Crippen molar-refractivity contribution in [1.29, 1.82) is 0 Å². The van der Waals surface area contributed by atoms with Crippen molar-refractivity contribution in [2.45, 2.75) is 24.8 Å². The van der Waals surface area contributed by atoms with Gasteiger partial charge in [0, 0.05) is 11.8 Å². The molecule has 1 aromatic rings. The summed E-state index contributed by atoms with van der Waals surface area (Å²) >= 11 is 0. The number of benzene rings is 1. The van der Waals surface area contributed by atoms with Gasteiger partial charge in [0.15, 0.2) is 5.78 Å². The Morgan fingerprint density at radius 3 is 2.74 bits per heavy atom. The number of carbonyl (C=O) groups excluding carboxylic acids is 2. The van der Waals surface area contributed by atoms with Crippen LogP contribution in [0.2, 0.25) is 0 Å². The Bertz CT molecular complexity index is 583. The maximum absolute atomic E-state index is 11.9. The van der Waals surface area contributed by atoms with Crippen LogP contribution in [0.15, 0.2) is 18.2 Å². The van der Waals surface area contributed by atoms with Gasteiger partial charge in [-0.1, -0.05) is 6.92 Å². The van der Waals surface area contributed by atoms with Gasteiger partial charge in [0.25, 0.3) is 0 Å². The number of rotatable bonds is 1. The molecule has 1 heterocycles. The number of carbonyl (C=O) groups is 2. The van der Waals surface area contributed by atoms with E-state index in [9.17, 15) is 9.59 Å². The van der Waals surface area contributed by atoms with Crippen molar-refractivity contribution in [2.24, 2.45) is 0 Å². The van der Waals surface area contributed by atoms with Crippen molar-refractivity contribution >= 4 is 17.6 Å². The number of amides is 1. The quantitative estimate of drug-likeness (QED) is 0.774. The molecule has 1 aliphatic heterocycles. The lowest BCUT2D eigenvalue weighted by molar-refractivity contribution is -0.129. The number of hydrogen-bond donors (Lipinski definition) is 0. The van der Waals surface area contributed by atoms with E-state index in [0.717, 1.165) is 17.0 Å². The highest BCUT2D eigenvalue weighted by Crippen LogP contribution is 2.55. The molecule has 19 heavy (non-hydrogen) atoms. The molecule has 5 heteroatoms. The van der Waals surface area contributed by atoms with Gasteiger partial charge in [-0.15, -0.1) is 0 Å². The van der Waals surface area contributed by atoms with Crippen molar-refractivity contribution in [3.8, 4) is 5.75 Å². The number of anilines is 1. The van der Waals surface area contributed by atoms with Crippen molar-refractivity contribution in [1.82, 2.24) is 0 Å². The van der Waals surface area contributed by atoms with Crippen LogP contribution < -0.4 is 9.64 Å².